The van der Waals surface area contributed by atoms with Crippen LogP contribution in [0, 0.1) is 6.92 Å². The highest BCUT2D eigenvalue weighted by Crippen LogP contribution is 2.25. The van der Waals surface area contributed by atoms with Gasteiger partial charge in [0.1, 0.15) is 0 Å². The Labute approximate surface area is 163 Å². The predicted octanol–water partition coefficient (Wildman–Crippen LogP) is 3.33. The van der Waals surface area contributed by atoms with Gasteiger partial charge in [0, 0.05) is 17.0 Å². The number of anilines is 1. The summed E-state index contributed by atoms with van der Waals surface area (Å²) in [5, 5.41) is 3.49. The molecule has 0 fully saturated rings. The molecule has 0 saturated heterocycles. The molecular weight excluding hydrogens is 393 g/mol. The highest BCUT2D eigenvalue weighted by atomic mass is 35.5. The van der Waals surface area contributed by atoms with Crippen molar-refractivity contribution in [3.63, 3.8) is 0 Å². The van der Waals surface area contributed by atoms with Crippen LogP contribution in [-0.4, -0.2) is 28.5 Å². The van der Waals surface area contributed by atoms with Crippen LogP contribution in [0.1, 0.15) is 16.1 Å². The van der Waals surface area contributed by atoms with Gasteiger partial charge in [-0.1, -0.05) is 41.4 Å². The number of carbonyl (C=O) groups is 2. The van der Waals surface area contributed by atoms with Gasteiger partial charge in [-0.3, -0.25) is 9.59 Å². The van der Waals surface area contributed by atoms with Crippen molar-refractivity contribution < 1.29 is 14.3 Å². The van der Waals surface area contributed by atoms with Gasteiger partial charge in [-0.05, 0) is 19.1 Å². The van der Waals surface area contributed by atoms with E-state index in [-0.39, 0.29) is 16.4 Å². The first-order valence-corrected chi connectivity index (χ1v) is 8.52. The van der Waals surface area contributed by atoms with Crippen molar-refractivity contribution >= 4 is 51.8 Å². The van der Waals surface area contributed by atoms with Crippen LogP contribution >= 0.6 is 23.2 Å². The van der Waals surface area contributed by atoms with E-state index in [0.717, 1.165) is 6.07 Å². The molecule has 0 aliphatic carbocycles. The Balaban J connectivity index is 1.72. The van der Waals surface area contributed by atoms with Gasteiger partial charge in [0.05, 0.1) is 21.3 Å². The maximum atomic E-state index is 12.3. The third-order valence-electron chi connectivity index (χ3n) is 3.67. The smallest absolute Gasteiger partial charge is 0.339 e. The van der Waals surface area contributed by atoms with Crippen molar-refractivity contribution in [2.45, 2.75) is 6.92 Å². The Bertz CT molecular complexity index is 1110. The summed E-state index contributed by atoms with van der Waals surface area (Å²) < 4.78 is 5.02. The number of aryl methyl sites for hydroxylation is 1. The van der Waals surface area contributed by atoms with Gasteiger partial charge >= 0.3 is 5.97 Å². The first-order valence-electron chi connectivity index (χ1n) is 7.77. The molecule has 2 N–H and O–H groups in total. The zero-order valence-electron chi connectivity index (χ0n) is 14.0. The van der Waals surface area contributed by atoms with Crippen molar-refractivity contribution in [3.05, 3.63) is 68.1 Å². The molecule has 2 aromatic heterocycles. The molecule has 0 bridgehead atoms. The molecule has 1 amide bonds. The zero-order valence-corrected chi connectivity index (χ0v) is 15.5. The number of pyridine rings is 2. The van der Waals surface area contributed by atoms with Crippen LogP contribution in [0.3, 0.4) is 0 Å². The number of carbonyl (C=O) groups excluding carboxylic acids is 2. The fraction of sp³-hybridized carbons (Fsp3) is 0.111. The number of ether oxygens (including phenoxy) is 1. The van der Waals surface area contributed by atoms with Crippen molar-refractivity contribution in [3.8, 4) is 0 Å². The number of H-pyrrole nitrogens is 1. The van der Waals surface area contributed by atoms with Crippen LogP contribution in [0.4, 0.5) is 5.82 Å². The summed E-state index contributed by atoms with van der Waals surface area (Å²) in [6.07, 6.45) is 0. The molecule has 27 heavy (non-hydrogen) atoms. The Morgan fingerprint density at radius 3 is 2.70 bits per heavy atom. The largest absolute Gasteiger partial charge is 0.452 e. The summed E-state index contributed by atoms with van der Waals surface area (Å²) in [6, 6.07) is 9.37. The number of aromatic amines is 1. The Morgan fingerprint density at radius 2 is 1.93 bits per heavy atom. The maximum Gasteiger partial charge on any atom is 0.339 e. The third-order valence-corrected chi connectivity index (χ3v) is 4.34. The van der Waals surface area contributed by atoms with E-state index in [0.29, 0.717) is 21.6 Å². The maximum absolute atomic E-state index is 12.3. The second-order valence-corrected chi connectivity index (χ2v) is 6.42. The standard InChI is InChI=1S/C18H13Cl2N3O4/c1-9-12(19)7-13(20)17(21-9)23-16(25)8-27-18(26)11-6-15(24)22-14-5-3-2-4-10(11)14/h2-7H,8H2,1H3,(H,22,24)(H,21,23,25). The molecule has 9 heteroatoms. The molecule has 0 atom stereocenters. The molecule has 3 aromatic rings. The molecule has 2 heterocycles. The van der Waals surface area contributed by atoms with Crippen LogP contribution in [0.2, 0.25) is 10.0 Å². The molecular formula is C18H13Cl2N3O4. The average molecular weight is 406 g/mol. The average Bonchev–Trinajstić information content (AvgIpc) is 2.63. The first-order chi connectivity index (χ1) is 12.8. The molecule has 0 aliphatic heterocycles. The molecule has 3 rings (SSSR count). The van der Waals surface area contributed by atoms with Crippen LogP contribution in [-0.2, 0) is 9.53 Å². The summed E-state index contributed by atoms with van der Waals surface area (Å²) in [5.41, 5.74) is 0.607. The highest BCUT2D eigenvalue weighted by molar-refractivity contribution is 6.36. The van der Waals surface area contributed by atoms with E-state index in [1.54, 1.807) is 31.2 Å². The van der Waals surface area contributed by atoms with E-state index in [1.165, 1.54) is 6.07 Å². The lowest BCUT2D eigenvalue weighted by atomic mass is 10.1. The summed E-state index contributed by atoms with van der Waals surface area (Å²) in [5.74, 6) is -1.31. The SMILES string of the molecule is Cc1nc(NC(=O)COC(=O)c2cc(=O)[nH]c3ccccc23)c(Cl)cc1Cl. The van der Waals surface area contributed by atoms with E-state index in [4.69, 9.17) is 27.9 Å². The lowest BCUT2D eigenvalue weighted by molar-refractivity contribution is -0.119. The van der Waals surface area contributed by atoms with Crippen molar-refractivity contribution in [1.29, 1.82) is 0 Å². The van der Waals surface area contributed by atoms with E-state index < -0.39 is 24.0 Å². The summed E-state index contributed by atoms with van der Waals surface area (Å²) in [7, 11) is 0. The highest BCUT2D eigenvalue weighted by Gasteiger charge is 2.16. The van der Waals surface area contributed by atoms with E-state index in [1.807, 2.05) is 0 Å². The number of hydrogen-bond donors (Lipinski definition) is 2. The number of amides is 1. The van der Waals surface area contributed by atoms with Crippen molar-refractivity contribution in [1.82, 2.24) is 9.97 Å². The fourth-order valence-electron chi connectivity index (χ4n) is 2.40. The molecule has 0 radical (unpaired) electrons. The van der Waals surface area contributed by atoms with Crippen molar-refractivity contribution in [2.75, 3.05) is 11.9 Å². The zero-order chi connectivity index (χ0) is 19.6. The second-order valence-electron chi connectivity index (χ2n) is 5.60. The number of aromatic nitrogens is 2. The van der Waals surface area contributed by atoms with Crippen LogP contribution in [0.15, 0.2) is 41.2 Å². The van der Waals surface area contributed by atoms with Gasteiger partial charge in [-0.2, -0.15) is 0 Å². The van der Waals surface area contributed by atoms with Gasteiger partial charge in [0.15, 0.2) is 12.4 Å². The second kappa shape index (κ2) is 7.77. The normalized spacial score (nSPS) is 10.6. The number of rotatable bonds is 4. The van der Waals surface area contributed by atoms with Crippen LogP contribution in [0.5, 0.6) is 0 Å². The summed E-state index contributed by atoms with van der Waals surface area (Å²) in [6.45, 7) is 1.09. The lowest BCUT2D eigenvalue weighted by Crippen LogP contribution is -2.22. The first kappa shape index (κ1) is 18.9. The van der Waals surface area contributed by atoms with Crippen LogP contribution in [0.25, 0.3) is 10.9 Å². The number of para-hydroxylation sites is 1. The van der Waals surface area contributed by atoms with E-state index >= 15 is 0 Å². The minimum atomic E-state index is -0.793. The number of nitrogens with one attached hydrogen (secondary N) is 2. The van der Waals surface area contributed by atoms with Gasteiger partial charge in [0.25, 0.3) is 5.91 Å². The quantitative estimate of drug-likeness (QED) is 0.648. The minimum absolute atomic E-state index is 0.0700. The van der Waals surface area contributed by atoms with E-state index in [2.05, 4.69) is 15.3 Å². The molecule has 0 unspecified atom stereocenters. The van der Waals surface area contributed by atoms with Crippen LogP contribution < -0.4 is 10.9 Å². The number of esters is 1. The molecule has 1 aromatic carbocycles. The number of benzene rings is 1. The number of fused-ring (bicyclic) bond motifs is 1. The number of nitrogens with zero attached hydrogens (tertiary/aromatic N) is 1. The fourth-order valence-corrected chi connectivity index (χ4v) is 2.80. The number of hydrogen-bond acceptors (Lipinski definition) is 5. The monoisotopic (exact) mass is 405 g/mol. The predicted molar refractivity (Wildman–Crippen MR) is 102 cm³/mol. The topological polar surface area (TPSA) is 101 Å². The minimum Gasteiger partial charge on any atom is -0.452 e. The Kier molecular flexibility index (Phi) is 5.43. The summed E-state index contributed by atoms with van der Waals surface area (Å²) in [4.78, 5) is 42.8. The Morgan fingerprint density at radius 1 is 1.19 bits per heavy atom. The van der Waals surface area contributed by atoms with Gasteiger partial charge in [-0.15, -0.1) is 0 Å². The molecule has 0 aliphatic rings. The molecule has 138 valence electrons. The van der Waals surface area contributed by atoms with Gasteiger partial charge in [0.2, 0.25) is 5.56 Å². The number of halogens is 2. The summed E-state index contributed by atoms with van der Waals surface area (Å²) >= 11 is 11.9. The van der Waals surface area contributed by atoms with Gasteiger partial charge in [-0.25, -0.2) is 9.78 Å². The van der Waals surface area contributed by atoms with Crippen molar-refractivity contribution in [2.24, 2.45) is 0 Å². The Hall–Kier alpha value is -2.90. The lowest BCUT2D eigenvalue weighted by Gasteiger charge is -2.09. The molecule has 7 nitrogen and oxygen atoms in total. The third kappa shape index (κ3) is 4.27. The molecule has 0 spiro atoms. The molecule has 0 saturated carbocycles. The van der Waals surface area contributed by atoms with E-state index in [9.17, 15) is 14.4 Å². The van der Waals surface area contributed by atoms with Gasteiger partial charge < -0.3 is 15.0 Å².